The van der Waals surface area contributed by atoms with E-state index in [2.05, 4.69) is 0 Å². The lowest BCUT2D eigenvalue weighted by Gasteiger charge is -2.26. The van der Waals surface area contributed by atoms with Crippen LogP contribution >= 0.6 is 23.2 Å². The number of Topliss-reactive ketones (excluding diaryl/α,β-unsaturated/α-hetero) is 1. The number of rotatable bonds is 3. The van der Waals surface area contributed by atoms with Gasteiger partial charge in [-0.3, -0.25) is 4.79 Å². The van der Waals surface area contributed by atoms with Crippen LogP contribution in [0.3, 0.4) is 0 Å². The molecule has 98 valence electrons. The molecule has 4 heteroatoms. The Balaban J connectivity index is 2.10. The lowest BCUT2D eigenvalue weighted by Crippen LogP contribution is -2.25. The fraction of sp³-hybridized carbons (Fsp3) is 0.500. The van der Waals surface area contributed by atoms with E-state index in [4.69, 9.17) is 28.9 Å². The molecule has 0 saturated heterocycles. The van der Waals surface area contributed by atoms with Gasteiger partial charge in [-0.05, 0) is 56.3 Å². The molecule has 0 heterocycles. The molecule has 18 heavy (non-hydrogen) atoms. The second-order valence-electron chi connectivity index (χ2n) is 4.94. The molecule has 0 unspecified atom stereocenters. The Morgan fingerprint density at radius 1 is 1.22 bits per heavy atom. The molecule has 1 saturated carbocycles. The van der Waals surface area contributed by atoms with Crippen LogP contribution < -0.4 is 5.73 Å². The van der Waals surface area contributed by atoms with E-state index in [0.29, 0.717) is 21.5 Å². The fourth-order valence-corrected chi connectivity index (χ4v) is 2.95. The number of carbonyl (C=O) groups is 1. The van der Waals surface area contributed by atoms with Crippen LogP contribution in [0.4, 0.5) is 0 Å². The molecule has 0 aliphatic heterocycles. The highest BCUT2D eigenvalue weighted by atomic mass is 35.5. The molecular weight excluding hydrogens is 269 g/mol. The number of hydrogen-bond donors (Lipinski definition) is 1. The maximum Gasteiger partial charge on any atom is 0.167 e. The molecule has 2 nitrogen and oxygen atoms in total. The Hall–Kier alpha value is -0.570. The van der Waals surface area contributed by atoms with Gasteiger partial charge in [-0.1, -0.05) is 23.2 Å². The lowest BCUT2D eigenvalue weighted by atomic mass is 9.78. The smallest absolute Gasteiger partial charge is 0.167 e. The third-order valence-corrected chi connectivity index (χ3v) is 4.31. The minimum absolute atomic E-state index is 0.0729. The maximum absolute atomic E-state index is 12.4. The molecule has 1 aromatic rings. The SMILES string of the molecule is NCC1CCC(C(=O)c2cc(Cl)ccc2Cl)CC1. The average molecular weight is 286 g/mol. The first-order valence-electron chi connectivity index (χ1n) is 6.31. The largest absolute Gasteiger partial charge is 0.330 e. The quantitative estimate of drug-likeness (QED) is 0.855. The molecule has 0 atom stereocenters. The monoisotopic (exact) mass is 285 g/mol. The zero-order chi connectivity index (χ0) is 13.1. The molecule has 0 amide bonds. The van der Waals surface area contributed by atoms with Crippen molar-refractivity contribution < 1.29 is 4.79 Å². The molecule has 0 aromatic heterocycles. The molecule has 0 bridgehead atoms. The third-order valence-electron chi connectivity index (χ3n) is 3.74. The Morgan fingerprint density at radius 2 is 1.89 bits per heavy atom. The number of nitrogens with two attached hydrogens (primary N) is 1. The fourth-order valence-electron chi connectivity index (χ4n) is 2.57. The van der Waals surface area contributed by atoms with Crippen molar-refractivity contribution in [2.45, 2.75) is 25.7 Å². The van der Waals surface area contributed by atoms with Crippen molar-refractivity contribution in [3.05, 3.63) is 33.8 Å². The molecular formula is C14H17Cl2NO. The van der Waals surface area contributed by atoms with E-state index in [0.717, 1.165) is 32.2 Å². The van der Waals surface area contributed by atoms with Gasteiger partial charge in [0.15, 0.2) is 5.78 Å². The third kappa shape index (κ3) is 3.05. The number of benzene rings is 1. The molecule has 2 N–H and O–H groups in total. The van der Waals surface area contributed by atoms with Crippen LogP contribution in [-0.2, 0) is 0 Å². The first-order valence-corrected chi connectivity index (χ1v) is 7.06. The molecule has 1 fully saturated rings. The second-order valence-corrected chi connectivity index (χ2v) is 5.79. The number of carbonyl (C=O) groups excluding carboxylic acids is 1. The summed E-state index contributed by atoms with van der Waals surface area (Å²) in [4.78, 5) is 12.4. The van der Waals surface area contributed by atoms with Crippen molar-refractivity contribution >= 4 is 29.0 Å². The summed E-state index contributed by atoms with van der Waals surface area (Å²) in [5.74, 6) is 0.769. The van der Waals surface area contributed by atoms with E-state index >= 15 is 0 Å². The van der Waals surface area contributed by atoms with Crippen LogP contribution in [0, 0.1) is 11.8 Å². The Kier molecular flexibility index (Phi) is 4.66. The standard InChI is InChI=1S/C14H17Cl2NO/c15-11-5-6-13(16)12(7-11)14(18)10-3-1-9(8-17)2-4-10/h5-7,9-10H,1-4,8,17H2. The van der Waals surface area contributed by atoms with E-state index in [1.807, 2.05) is 0 Å². The molecule has 0 spiro atoms. The van der Waals surface area contributed by atoms with Gasteiger partial charge < -0.3 is 5.73 Å². The van der Waals surface area contributed by atoms with Crippen molar-refractivity contribution in [1.82, 2.24) is 0 Å². The van der Waals surface area contributed by atoms with Crippen LogP contribution in [0.2, 0.25) is 10.0 Å². The highest BCUT2D eigenvalue weighted by Crippen LogP contribution is 2.32. The number of halogens is 2. The van der Waals surface area contributed by atoms with Crippen LogP contribution in [0.15, 0.2) is 18.2 Å². The topological polar surface area (TPSA) is 43.1 Å². The summed E-state index contributed by atoms with van der Waals surface area (Å²) in [6.45, 7) is 0.721. The number of ketones is 1. The summed E-state index contributed by atoms with van der Waals surface area (Å²) in [5, 5.41) is 1.05. The van der Waals surface area contributed by atoms with Crippen LogP contribution in [0.25, 0.3) is 0 Å². The van der Waals surface area contributed by atoms with Crippen molar-refractivity contribution in [3.8, 4) is 0 Å². The summed E-state index contributed by atoms with van der Waals surface area (Å²) in [6.07, 6.45) is 3.88. The van der Waals surface area contributed by atoms with Gasteiger partial charge in [-0.15, -0.1) is 0 Å². The lowest BCUT2D eigenvalue weighted by molar-refractivity contribution is 0.0873. The molecule has 2 rings (SSSR count). The number of hydrogen-bond acceptors (Lipinski definition) is 2. The first kappa shape index (κ1) is 13.9. The van der Waals surface area contributed by atoms with Gasteiger partial charge in [0.25, 0.3) is 0 Å². The van der Waals surface area contributed by atoms with E-state index in [1.165, 1.54) is 0 Å². The van der Waals surface area contributed by atoms with Gasteiger partial charge in [0, 0.05) is 16.5 Å². The van der Waals surface area contributed by atoms with Crippen LogP contribution in [-0.4, -0.2) is 12.3 Å². The molecule has 0 radical (unpaired) electrons. The molecule has 1 aliphatic rings. The van der Waals surface area contributed by atoms with E-state index in [9.17, 15) is 4.79 Å². The predicted molar refractivity (Wildman–Crippen MR) is 75.3 cm³/mol. The maximum atomic E-state index is 12.4. The van der Waals surface area contributed by atoms with Gasteiger partial charge in [0.2, 0.25) is 0 Å². The second kappa shape index (κ2) is 6.05. The highest BCUT2D eigenvalue weighted by Gasteiger charge is 2.27. The Morgan fingerprint density at radius 3 is 2.50 bits per heavy atom. The van der Waals surface area contributed by atoms with E-state index < -0.39 is 0 Å². The van der Waals surface area contributed by atoms with Crippen molar-refractivity contribution in [1.29, 1.82) is 0 Å². The van der Waals surface area contributed by atoms with E-state index in [1.54, 1.807) is 18.2 Å². The summed E-state index contributed by atoms with van der Waals surface area (Å²) < 4.78 is 0. The molecule has 1 aliphatic carbocycles. The summed E-state index contributed by atoms with van der Waals surface area (Å²) in [7, 11) is 0. The molecule has 1 aromatic carbocycles. The predicted octanol–water partition coefficient (Wildman–Crippen LogP) is 3.94. The minimum atomic E-state index is 0.0729. The highest BCUT2D eigenvalue weighted by molar-refractivity contribution is 6.36. The Bertz CT molecular complexity index is 439. The van der Waals surface area contributed by atoms with Crippen molar-refractivity contribution in [3.63, 3.8) is 0 Å². The summed E-state index contributed by atoms with van der Waals surface area (Å²) in [5.41, 5.74) is 6.21. The Labute approximate surface area is 117 Å². The van der Waals surface area contributed by atoms with Gasteiger partial charge in [-0.25, -0.2) is 0 Å². The van der Waals surface area contributed by atoms with Gasteiger partial charge in [0.1, 0.15) is 0 Å². The zero-order valence-corrected chi connectivity index (χ0v) is 11.7. The van der Waals surface area contributed by atoms with E-state index in [-0.39, 0.29) is 11.7 Å². The normalized spacial score (nSPS) is 23.9. The van der Waals surface area contributed by atoms with Gasteiger partial charge >= 0.3 is 0 Å². The zero-order valence-electron chi connectivity index (χ0n) is 10.2. The van der Waals surface area contributed by atoms with Crippen molar-refractivity contribution in [2.75, 3.05) is 6.54 Å². The summed E-state index contributed by atoms with van der Waals surface area (Å²) >= 11 is 12.0. The van der Waals surface area contributed by atoms with Crippen molar-refractivity contribution in [2.24, 2.45) is 17.6 Å². The first-order chi connectivity index (χ1) is 8.61. The van der Waals surface area contributed by atoms with Crippen LogP contribution in [0.1, 0.15) is 36.0 Å². The summed E-state index contributed by atoms with van der Waals surface area (Å²) in [6, 6.07) is 5.05. The average Bonchev–Trinajstić information content (AvgIpc) is 2.41. The van der Waals surface area contributed by atoms with Gasteiger partial charge in [-0.2, -0.15) is 0 Å². The van der Waals surface area contributed by atoms with Crippen LogP contribution in [0.5, 0.6) is 0 Å². The minimum Gasteiger partial charge on any atom is -0.330 e. The van der Waals surface area contributed by atoms with Gasteiger partial charge in [0.05, 0.1) is 5.02 Å².